The van der Waals surface area contributed by atoms with E-state index in [4.69, 9.17) is 5.26 Å². The molecule has 0 amide bonds. The quantitative estimate of drug-likeness (QED) is 0.459. The molecule has 0 radical (unpaired) electrons. The van der Waals surface area contributed by atoms with Gasteiger partial charge in [0.15, 0.2) is 17.2 Å². The fourth-order valence-electron chi connectivity index (χ4n) is 2.77. The van der Waals surface area contributed by atoms with Crippen molar-refractivity contribution in [1.29, 1.82) is 5.26 Å². The fraction of sp³-hybridized carbons (Fsp3) is 0. The zero-order valence-electron chi connectivity index (χ0n) is 11.6. The van der Waals surface area contributed by atoms with Crippen molar-refractivity contribution >= 4 is 22.2 Å². The van der Waals surface area contributed by atoms with Crippen LogP contribution in [0.15, 0.2) is 43.0 Å². The van der Waals surface area contributed by atoms with Crippen molar-refractivity contribution in [2.75, 3.05) is 0 Å². The smallest absolute Gasteiger partial charge is 0.207 e. The summed E-state index contributed by atoms with van der Waals surface area (Å²) >= 11 is 0. The Morgan fingerprint density at radius 1 is 1.09 bits per heavy atom. The van der Waals surface area contributed by atoms with E-state index in [1.165, 1.54) is 6.20 Å². The normalized spacial score (nSPS) is 11.4. The van der Waals surface area contributed by atoms with Gasteiger partial charge in [0.2, 0.25) is 6.19 Å². The molecule has 0 fully saturated rings. The summed E-state index contributed by atoms with van der Waals surface area (Å²) in [7, 11) is 0. The molecule has 0 saturated carbocycles. The molecule has 0 aliphatic heterocycles. The Morgan fingerprint density at radius 3 is 2.87 bits per heavy atom. The van der Waals surface area contributed by atoms with Crippen LogP contribution in [0.3, 0.4) is 0 Å². The van der Waals surface area contributed by atoms with Crippen LogP contribution >= 0.6 is 0 Å². The van der Waals surface area contributed by atoms with Gasteiger partial charge in [-0.25, -0.2) is 4.98 Å². The summed E-state index contributed by atoms with van der Waals surface area (Å²) in [6.07, 6.45) is 6.88. The average molecular weight is 301 g/mol. The minimum atomic E-state index is 0.470. The summed E-state index contributed by atoms with van der Waals surface area (Å²) < 4.78 is 4.90. The zero-order chi connectivity index (χ0) is 15.4. The minimum Gasteiger partial charge on any atom is -0.284 e. The van der Waals surface area contributed by atoms with Crippen LogP contribution in [-0.2, 0) is 0 Å². The largest absolute Gasteiger partial charge is 0.284 e. The van der Waals surface area contributed by atoms with Gasteiger partial charge in [-0.15, -0.1) is 15.3 Å². The number of hydrogen-bond donors (Lipinski definition) is 0. The topological polar surface area (TPSA) is 102 Å². The first kappa shape index (κ1) is 11.8. The maximum absolute atomic E-state index is 8.90. The molecule has 0 aliphatic rings. The first-order chi connectivity index (χ1) is 11.4. The molecule has 0 spiro atoms. The van der Waals surface area contributed by atoms with E-state index in [1.54, 1.807) is 12.5 Å². The highest BCUT2D eigenvalue weighted by molar-refractivity contribution is 5.94. The lowest BCUT2D eigenvalue weighted by Crippen LogP contribution is -1.98. The van der Waals surface area contributed by atoms with Crippen LogP contribution in [0.5, 0.6) is 0 Å². The van der Waals surface area contributed by atoms with Gasteiger partial charge in [0, 0.05) is 5.39 Å². The molecule has 1 aromatic carbocycles. The van der Waals surface area contributed by atoms with Crippen molar-refractivity contribution in [3.05, 3.63) is 43.0 Å². The number of fused-ring (bicyclic) bond motifs is 6. The van der Waals surface area contributed by atoms with E-state index >= 15 is 0 Å². The van der Waals surface area contributed by atoms with E-state index in [2.05, 4.69) is 25.5 Å². The van der Waals surface area contributed by atoms with Crippen LogP contribution in [0.25, 0.3) is 33.7 Å². The Kier molecular flexibility index (Phi) is 2.11. The predicted molar refractivity (Wildman–Crippen MR) is 79.3 cm³/mol. The predicted octanol–water partition coefficient (Wildman–Crippen LogP) is 1.12. The first-order valence-corrected chi connectivity index (χ1v) is 6.77. The van der Waals surface area contributed by atoms with Crippen LogP contribution < -0.4 is 0 Å². The van der Waals surface area contributed by atoms with Gasteiger partial charge < -0.3 is 0 Å². The van der Waals surface area contributed by atoms with E-state index in [9.17, 15) is 0 Å². The molecule has 0 saturated heterocycles. The Bertz CT molecular complexity index is 1230. The lowest BCUT2D eigenvalue weighted by Gasteiger charge is -2.06. The number of nitrogens with zero attached hydrogens (tertiary/aromatic N) is 9. The third-order valence-electron chi connectivity index (χ3n) is 3.74. The number of hydrogen-bond acceptors (Lipinski definition) is 6. The van der Waals surface area contributed by atoms with Crippen LogP contribution in [0.1, 0.15) is 0 Å². The lowest BCUT2D eigenvalue weighted by molar-refractivity contribution is 0.816. The highest BCUT2D eigenvalue weighted by Gasteiger charge is 2.17. The molecule has 5 aromatic rings. The van der Waals surface area contributed by atoms with Crippen LogP contribution in [-0.4, -0.2) is 39.0 Å². The molecule has 0 bridgehead atoms. The van der Waals surface area contributed by atoms with Gasteiger partial charge in [0.1, 0.15) is 12.0 Å². The molecule has 5 rings (SSSR count). The molecular weight excluding hydrogens is 294 g/mol. The molecule has 4 aromatic heterocycles. The molecule has 4 heterocycles. The number of nitriles is 1. The molecule has 0 N–H and O–H groups in total. The summed E-state index contributed by atoms with van der Waals surface area (Å²) in [5.41, 5.74) is 2.98. The molecule has 9 nitrogen and oxygen atoms in total. The van der Waals surface area contributed by atoms with Crippen LogP contribution in [0, 0.1) is 11.5 Å². The van der Waals surface area contributed by atoms with Gasteiger partial charge in [-0.05, 0) is 12.1 Å². The molecular formula is C14H7N9. The van der Waals surface area contributed by atoms with Gasteiger partial charge >= 0.3 is 0 Å². The SMILES string of the molecule is N#Cn1cc(-c2nnc3c4ccccc4n4cncc4n23)nn1. The second-order valence-corrected chi connectivity index (χ2v) is 4.97. The summed E-state index contributed by atoms with van der Waals surface area (Å²) in [6, 6.07) is 7.90. The highest BCUT2D eigenvalue weighted by Crippen LogP contribution is 2.25. The highest BCUT2D eigenvalue weighted by atomic mass is 15.4. The van der Waals surface area contributed by atoms with Crippen LogP contribution in [0.4, 0.5) is 0 Å². The molecule has 0 aliphatic carbocycles. The van der Waals surface area contributed by atoms with E-state index in [0.29, 0.717) is 17.2 Å². The van der Waals surface area contributed by atoms with Crippen molar-refractivity contribution in [2.24, 2.45) is 0 Å². The first-order valence-electron chi connectivity index (χ1n) is 6.77. The number of aromatic nitrogens is 8. The standard InChI is InChI=1S/C14H7N9/c15-7-21-6-10(17-20-21)14-19-18-13-9-3-1-2-4-11(9)22-8-16-5-12(22)23(13)14/h1-6,8H. The maximum Gasteiger partial charge on any atom is 0.207 e. The molecule has 0 atom stereocenters. The number of benzene rings is 1. The molecule has 9 heteroatoms. The summed E-state index contributed by atoms with van der Waals surface area (Å²) in [5, 5.41) is 26.1. The summed E-state index contributed by atoms with van der Waals surface area (Å²) in [6.45, 7) is 0. The Hall–Kier alpha value is -3.80. The Morgan fingerprint density at radius 2 is 2.00 bits per heavy atom. The number of para-hydroxylation sites is 1. The maximum atomic E-state index is 8.90. The van der Waals surface area contributed by atoms with E-state index in [1.807, 2.05) is 39.3 Å². The fourth-order valence-corrected chi connectivity index (χ4v) is 2.77. The van der Waals surface area contributed by atoms with Crippen molar-refractivity contribution in [1.82, 2.24) is 39.0 Å². The Balaban J connectivity index is 1.99. The Labute approximate surface area is 128 Å². The van der Waals surface area contributed by atoms with Crippen molar-refractivity contribution in [3.63, 3.8) is 0 Å². The second kappa shape index (κ2) is 4.11. The minimum absolute atomic E-state index is 0.470. The third kappa shape index (κ3) is 1.46. The number of rotatable bonds is 1. The van der Waals surface area contributed by atoms with Crippen molar-refractivity contribution in [2.45, 2.75) is 0 Å². The average Bonchev–Trinajstić information content (AvgIpc) is 3.32. The van der Waals surface area contributed by atoms with Gasteiger partial charge in [0.05, 0.1) is 17.9 Å². The van der Waals surface area contributed by atoms with Gasteiger partial charge in [0.25, 0.3) is 0 Å². The molecule has 108 valence electrons. The zero-order valence-corrected chi connectivity index (χ0v) is 11.6. The molecule has 23 heavy (non-hydrogen) atoms. The van der Waals surface area contributed by atoms with Crippen LogP contribution in [0.2, 0.25) is 0 Å². The summed E-state index contributed by atoms with van der Waals surface area (Å²) in [5.74, 6) is 0.512. The molecule has 0 unspecified atom stereocenters. The third-order valence-corrected chi connectivity index (χ3v) is 3.74. The summed E-state index contributed by atoms with van der Waals surface area (Å²) in [4.78, 5) is 4.23. The van der Waals surface area contributed by atoms with Crippen molar-refractivity contribution in [3.8, 4) is 17.7 Å². The second-order valence-electron chi connectivity index (χ2n) is 4.97. The van der Waals surface area contributed by atoms with E-state index in [0.717, 1.165) is 21.2 Å². The van der Waals surface area contributed by atoms with Gasteiger partial charge in [-0.3, -0.25) is 8.80 Å². The van der Waals surface area contributed by atoms with Crippen molar-refractivity contribution < 1.29 is 0 Å². The van der Waals surface area contributed by atoms with Gasteiger partial charge in [-0.1, -0.05) is 17.3 Å². The van der Waals surface area contributed by atoms with Gasteiger partial charge in [-0.2, -0.15) is 9.94 Å². The monoisotopic (exact) mass is 301 g/mol. The number of imidazole rings is 1. The van der Waals surface area contributed by atoms with E-state index in [-0.39, 0.29) is 0 Å². The lowest BCUT2D eigenvalue weighted by atomic mass is 10.2. The van der Waals surface area contributed by atoms with E-state index < -0.39 is 0 Å².